The highest BCUT2D eigenvalue weighted by atomic mass is 32.2. The van der Waals surface area contributed by atoms with E-state index < -0.39 is 21.7 Å². The van der Waals surface area contributed by atoms with Crippen molar-refractivity contribution in [3.63, 3.8) is 0 Å². The molecular weight excluding hydrogens is 414 g/mol. The van der Waals surface area contributed by atoms with E-state index in [-0.39, 0.29) is 48.4 Å². The molecule has 7 nitrogen and oxygen atoms in total. The molecule has 0 radical (unpaired) electrons. The maximum atomic E-state index is 13.9. The third-order valence-electron chi connectivity index (χ3n) is 4.89. The van der Waals surface area contributed by atoms with Gasteiger partial charge in [0.15, 0.2) is 5.69 Å². The predicted molar refractivity (Wildman–Crippen MR) is 105 cm³/mol. The third-order valence-corrected chi connectivity index (χ3v) is 6.82. The number of carbonyl (C=O) groups is 1. The molecule has 1 saturated heterocycles. The van der Waals surface area contributed by atoms with Crippen LogP contribution in [-0.4, -0.2) is 59.5 Å². The molecule has 3 aromatic rings. The number of rotatable bonds is 4. The number of nitrogens with zero attached hydrogens (tertiary/aromatic N) is 4. The molecular formula is C20H18F2N4O3S. The highest BCUT2D eigenvalue weighted by Gasteiger charge is 2.32. The van der Waals surface area contributed by atoms with Gasteiger partial charge in [-0.2, -0.15) is 9.40 Å². The van der Waals surface area contributed by atoms with Gasteiger partial charge in [0.25, 0.3) is 5.91 Å². The van der Waals surface area contributed by atoms with E-state index in [0.29, 0.717) is 0 Å². The zero-order valence-electron chi connectivity index (χ0n) is 15.8. The minimum Gasteiger partial charge on any atom is -0.335 e. The molecule has 0 N–H and O–H groups in total. The SMILES string of the molecule is O=C(c1ccn(-c2ccccc2F)n1)N1CCN(S(=O)(=O)c2ccccc2F)CC1. The Morgan fingerprint density at radius 1 is 0.867 bits per heavy atom. The van der Waals surface area contributed by atoms with Gasteiger partial charge in [0.1, 0.15) is 22.2 Å². The second kappa shape index (κ2) is 7.96. The average molecular weight is 432 g/mol. The number of sulfonamides is 1. The normalized spacial score (nSPS) is 15.3. The van der Waals surface area contributed by atoms with Gasteiger partial charge in [-0.3, -0.25) is 4.79 Å². The molecule has 10 heteroatoms. The second-order valence-corrected chi connectivity index (χ2v) is 8.63. The molecule has 0 saturated carbocycles. The Morgan fingerprint density at radius 3 is 2.17 bits per heavy atom. The molecule has 2 aromatic carbocycles. The first-order valence-electron chi connectivity index (χ1n) is 9.22. The molecule has 1 aliphatic rings. The van der Waals surface area contributed by atoms with Gasteiger partial charge in [-0.25, -0.2) is 21.9 Å². The van der Waals surface area contributed by atoms with Crippen LogP contribution in [0.1, 0.15) is 10.5 Å². The molecule has 1 aromatic heterocycles. The fraction of sp³-hybridized carbons (Fsp3) is 0.200. The van der Waals surface area contributed by atoms with E-state index >= 15 is 0 Å². The van der Waals surface area contributed by atoms with E-state index in [1.54, 1.807) is 18.2 Å². The number of carbonyl (C=O) groups excluding carboxylic acids is 1. The summed E-state index contributed by atoms with van der Waals surface area (Å²) in [5, 5.41) is 4.15. The minimum absolute atomic E-state index is 0.0381. The van der Waals surface area contributed by atoms with Gasteiger partial charge in [0.05, 0.1) is 0 Å². The average Bonchev–Trinajstić information content (AvgIpc) is 3.24. The van der Waals surface area contributed by atoms with Crippen LogP contribution in [0.2, 0.25) is 0 Å². The number of aromatic nitrogens is 2. The standard InChI is InChI=1S/C20H18F2N4O3S/c21-15-5-1-3-7-18(15)26-10-9-17(23-26)20(27)24-11-13-25(14-12-24)30(28,29)19-8-4-2-6-16(19)22/h1-10H,11-14H2. The maximum absolute atomic E-state index is 13.9. The summed E-state index contributed by atoms with van der Waals surface area (Å²) in [6.07, 6.45) is 1.49. The van der Waals surface area contributed by atoms with Crippen LogP contribution in [0.5, 0.6) is 0 Å². The summed E-state index contributed by atoms with van der Waals surface area (Å²) < 4.78 is 55.6. The summed E-state index contributed by atoms with van der Waals surface area (Å²) in [6, 6.07) is 12.7. The fourth-order valence-corrected chi connectivity index (χ4v) is 4.78. The highest BCUT2D eigenvalue weighted by molar-refractivity contribution is 7.89. The summed E-state index contributed by atoms with van der Waals surface area (Å²) in [7, 11) is -3.98. The van der Waals surface area contributed by atoms with Crippen molar-refractivity contribution in [3.8, 4) is 5.69 Å². The molecule has 1 fully saturated rings. The number of benzene rings is 2. The number of hydrogen-bond acceptors (Lipinski definition) is 4. The van der Waals surface area contributed by atoms with E-state index in [1.165, 1.54) is 46.1 Å². The van der Waals surface area contributed by atoms with Gasteiger partial charge in [-0.05, 0) is 30.3 Å². The number of halogens is 2. The summed E-state index contributed by atoms with van der Waals surface area (Å²) in [5.74, 6) is -1.66. The Hall–Kier alpha value is -3.11. The second-order valence-electron chi connectivity index (χ2n) is 6.72. The van der Waals surface area contributed by atoms with Crippen LogP contribution < -0.4 is 0 Å². The van der Waals surface area contributed by atoms with Crippen molar-refractivity contribution < 1.29 is 22.0 Å². The topological polar surface area (TPSA) is 75.5 Å². The first-order chi connectivity index (χ1) is 14.4. The van der Waals surface area contributed by atoms with Gasteiger partial charge in [-0.1, -0.05) is 24.3 Å². The molecule has 2 heterocycles. The van der Waals surface area contributed by atoms with E-state index in [2.05, 4.69) is 5.10 Å². The van der Waals surface area contributed by atoms with Crippen LogP contribution in [0.4, 0.5) is 8.78 Å². The molecule has 156 valence electrons. The molecule has 0 bridgehead atoms. The lowest BCUT2D eigenvalue weighted by atomic mass is 10.3. The Morgan fingerprint density at radius 2 is 1.50 bits per heavy atom. The summed E-state index contributed by atoms with van der Waals surface area (Å²) >= 11 is 0. The van der Waals surface area contributed by atoms with Crippen molar-refractivity contribution in [2.75, 3.05) is 26.2 Å². The van der Waals surface area contributed by atoms with Gasteiger partial charge in [0, 0.05) is 32.4 Å². The molecule has 4 rings (SSSR count). The Balaban J connectivity index is 1.45. The molecule has 1 amide bonds. The molecule has 1 aliphatic heterocycles. The lowest BCUT2D eigenvalue weighted by Crippen LogP contribution is -2.50. The molecule has 30 heavy (non-hydrogen) atoms. The number of para-hydroxylation sites is 1. The van der Waals surface area contributed by atoms with Crippen LogP contribution in [0.3, 0.4) is 0 Å². The van der Waals surface area contributed by atoms with E-state index in [9.17, 15) is 22.0 Å². The Labute approximate surface area is 172 Å². The first-order valence-corrected chi connectivity index (χ1v) is 10.7. The van der Waals surface area contributed by atoms with Gasteiger partial charge < -0.3 is 4.90 Å². The van der Waals surface area contributed by atoms with Gasteiger partial charge in [-0.15, -0.1) is 0 Å². The quantitative estimate of drug-likeness (QED) is 0.634. The summed E-state index contributed by atoms with van der Waals surface area (Å²) in [4.78, 5) is 13.8. The number of hydrogen-bond donors (Lipinski definition) is 0. The summed E-state index contributed by atoms with van der Waals surface area (Å²) in [6.45, 7) is 0.352. The Bertz CT molecular complexity index is 1190. The van der Waals surface area contributed by atoms with Crippen molar-refractivity contribution in [3.05, 3.63) is 78.1 Å². The lowest BCUT2D eigenvalue weighted by molar-refractivity contribution is 0.0691. The van der Waals surface area contributed by atoms with Crippen LogP contribution >= 0.6 is 0 Å². The minimum atomic E-state index is -3.98. The third kappa shape index (κ3) is 3.71. The zero-order valence-corrected chi connectivity index (χ0v) is 16.6. The molecule has 0 aliphatic carbocycles. The number of piperazine rings is 1. The first kappa shape index (κ1) is 20.2. The van der Waals surface area contributed by atoms with Crippen molar-refractivity contribution in [2.45, 2.75) is 4.90 Å². The van der Waals surface area contributed by atoms with E-state index in [0.717, 1.165) is 10.4 Å². The van der Waals surface area contributed by atoms with E-state index in [1.807, 2.05) is 0 Å². The van der Waals surface area contributed by atoms with E-state index in [4.69, 9.17) is 0 Å². The zero-order chi connectivity index (χ0) is 21.3. The predicted octanol–water partition coefficient (Wildman–Crippen LogP) is 2.30. The lowest BCUT2D eigenvalue weighted by Gasteiger charge is -2.33. The van der Waals surface area contributed by atoms with Crippen molar-refractivity contribution in [1.29, 1.82) is 0 Å². The molecule has 0 atom stereocenters. The van der Waals surface area contributed by atoms with Crippen molar-refractivity contribution in [1.82, 2.24) is 19.0 Å². The van der Waals surface area contributed by atoms with Crippen LogP contribution in [0.25, 0.3) is 5.69 Å². The summed E-state index contributed by atoms with van der Waals surface area (Å²) in [5.41, 5.74) is 0.348. The molecule has 0 unspecified atom stereocenters. The van der Waals surface area contributed by atoms with Crippen molar-refractivity contribution >= 4 is 15.9 Å². The number of amides is 1. The van der Waals surface area contributed by atoms with Crippen molar-refractivity contribution in [2.24, 2.45) is 0 Å². The van der Waals surface area contributed by atoms with Gasteiger partial charge in [0.2, 0.25) is 10.0 Å². The largest absolute Gasteiger partial charge is 0.335 e. The highest BCUT2D eigenvalue weighted by Crippen LogP contribution is 2.21. The van der Waals surface area contributed by atoms with Gasteiger partial charge >= 0.3 is 0 Å². The smallest absolute Gasteiger partial charge is 0.274 e. The maximum Gasteiger partial charge on any atom is 0.274 e. The van der Waals surface area contributed by atoms with Crippen LogP contribution in [-0.2, 0) is 10.0 Å². The fourth-order valence-electron chi connectivity index (χ4n) is 3.30. The monoisotopic (exact) mass is 432 g/mol. The molecule has 0 spiro atoms. The van der Waals surface area contributed by atoms with Crippen LogP contribution in [0.15, 0.2) is 65.7 Å². The van der Waals surface area contributed by atoms with Crippen LogP contribution in [0, 0.1) is 11.6 Å². The Kier molecular flexibility index (Phi) is 5.35.